The van der Waals surface area contributed by atoms with Crippen LogP contribution in [-0.2, 0) is 30.5 Å². The molecule has 3 rings (SSSR count). The number of alkyl halides is 3. The fourth-order valence-electron chi connectivity index (χ4n) is 3.90. The van der Waals surface area contributed by atoms with Gasteiger partial charge in [0.1, 0.15) is 5.82 Å². The lowest BCUT2D eigenvalue weighted by Crippen LogP contribution is -2.44. The maximum atomic E-state index is 14.1. The van der Waals surface area contributed by atoms with Gasteiger partial charge < -0.3 is 25.2 Å². The monoisotopic (exact) mass is 521 g/mol. The number of carboxylic acid groups (broad SMARTS) is 1. The molecular weight excluding hydrogens is 500 g/mol. The summed E-state index contributed by atoms with van der Waals surface area (Å²) in [4.78, 5) is 40.9. The molecule has 36 heavy (non-hydrogen) atoms. The highest BCUT2D eigenvalue weighted by atomic mass is 19.4. The molecule has 0 bridgehead atoms. The molecule has 0 saturated carbocycles. The van der Waals surface area contributed by atoms with Crippen molar-refractivity contribution in [1.29, 1.82) is 0 Å². The van der Waals surface area contributed by atoms with Crippen LogP contribution in [0.15, 0.2) is 12.1 Å². The second kappa shape index (κ2) is 10.5. The predicted molar refractivity (Wildman–Crippen MR) is 110 cm³/mol. The Bertz CT molecular complexity index is 1180. The summed E-state index contributed by atoms with van der Waals surface area (Å²) >= 11 is 0. The number of halogens is 6. The van der Waals surface area contributed by atoms with E-state index in [1.807, 2.05) is 5.32 Å². The first-order chi connectivity index (χ1) is 16.8. The Morgan fingerprint density at radius 3 is 2.39 bits per heavy atom. The topological polar surface area (TPSA) is 117 Å². The molecule has 1 aromatic heterocycles. The number of rotatable bonds is 7. The second-order valence-electron chi connectivity index (χ2n) is 7.97. The van der Waals surface area contributed by atoms with Crippen molar-refractivity contribution < 1.29 is 45.8 Å². The number of carbonyl (C=O) groups is 3. The number of fused-ring (bicyclic) bond motifs is 1. The van der Waals surface area contributed by atoms with Crippen LogP contribution in [0.1, 0.15) is 40.9 Å². The minimum Gasteiger partial charge on any atom is -0.465 e. The van der Waals surface area contributed by atoms with E-state index >= 15 is 0 Å². The average Bonchev–Trinajstić information content (AvgIpc) is 3.16. The maximum Gasteiger partial charge on any atom is 0.449 e. The van der Waals surface area contributed by atoms with Crippen molar-refractivity contribution in [3.63, 3.8) is 0 Å². The van der Waals surface area contributed by atoms with E-state index in [-0.39, 0.29) is 37.0 Å². The van der Waals surface area contributed by atoms with Crippen molar-refractivity contribution >= 4 is 17.9 Å². The third-order valence-electron chi connectivity index (χ3n) is 5.47. The van der Waals surface area contributed by atoms with Gasteiger partial charge in [0.15, 0.2) is 17.3 Å². The van der Waals surface area contributed by atoms with Crippen molar-refractivity contribution in [1.82, 2.24) is 25.1 Å². The first kappa shape index (κ1) is 26.8. The molecule has 0 radical (unpaired) electrons. The Kier molecular flexibility index (Phi) is 7.79. The van der Waals surface area contributed by atoms with Gasteiger partial charge >= 0.3 is 12.3 Å². The third-order valence-corrected chi connectivity index (χ3v) is 5.47. The molecule has 196 valence electrons. The minimum atomic E-state index is -4.85. The van der Waals surface area contributed by atoms with E-state index in [0.717, 1.165) is 9.47 Å². The predicted octanol–water partition coefficient (Wildman–Crippen LogP) is 2.68. The smallest absolute Gasteiger partial charge is 0.449 e. The molecule has 0 spiro atoms. The summed E-state index contributed by atoms with van der Waals surface area (Å²) < 4.78 is 81.9. The van der Waals surface area contributed by atoms with Crippen LogP contribution in [0.4, 0.5) is 31.1 Å². The van der Waals surface area contributed by atoms with Crippen LogP contribution in [0.2, 0.25) is 0 Å². The highest BCUT2D eigenvalue weighted by Gasteiger charge is 2.41. The van der Waals surface area contributed by atoms with Gasteiger partial charge in [0.25, 0.3) is 5.91 Å². The number of carbonyl (C=O) groups excluding carboxylic acids is 2. The molecule has 0 aliphatic carbocycles. The number of aromatic nitrogens is 2. The standard InChI is InChI=1S/C21H21F6N5O4/c1-2-28-18(34)17-15-9-31(3-4-32(15)19(30-17)21(25,26)27)16(33)7-11(29-20(35)36)5-10-6-13(23)14(24)8-12(10)22/h6,8,11,29H,2-5,7,9H2,1H3,(H,28,34)(H,35,36)/t11-/m1/s1. The molecule has 0 fully saturated rings. The minimum absolute atomic E-state index is 0.123. The zero-order valence-electron chi connectivity index (χ0n) is 18.8. The Morgan fingerprint density at radius 2 is 1.78 bits per heavy atom. The van der Waals surface area contributed by atoms with E-state index in [1.165, 1.54) is 0 Å². The van der Waals surface area contributed by atoms with Crippen LogP contribution in [-0.4, -0.2) is 56.6 Å². The first-order valence-corrected chi connectivity index (χ1v) is 10.7. The van der Waals surface area contributed by atoms with Crippen molar-refractivity contribution in [2.45, 2.75) is 45.1 Å². The van der Waals surface area contributed by atoms with Gasteiger partial charge in [-0.2, -0.15) is 13.2 Å². The van der Waals surface area contributed by atoms with Gasteiger partial charge in [0.05, 0.1) is 12.2 Å². The van der Waals surface area contributed by atoms with Crippen LogP contribution < -0.4 is 10.6 Å². The van der Waals surface area contributed by atoms with Crippen LogP contribution >= 0.6 is 0 Å². The van der Waals surface area contributed by atoms with Gasteiger partial charge in [-0.1, -0.05) is 0 Å². The Morgan fingerprint density at radius 1 is 1.11 bits per heavy atom. The lowest BCUT2D eigenvalue weighted by molar-refractivity contribution is -0.148. The Hall–Kier alpha value is -3.78. The maximum absolute atomic E-state index is 14.1. The number of benzene rings is 1. The van der Waals surface area contributed by atoms with Crippen molar-refractivity contribution in [3.8, 4) is 0 Å². The molecule has 0 unspecified atom stereocenters. The molecule has 1 aliphatic rings. The number of imidazole rings is 1. The summed E-state index contributed by atoms with van der Waals surface area (Å²) in [5, 5.41) is 13.5. The van der Waals surface area contributed by atoms with Gasteiger partial charge in [-0.25, -0.2) is 22.9 Å². The van der Waals surface area contributed by atoms with Crippen LogP contribution in [0, 0.1) is 17.5 Å². The average molecular weight is 521 g/mol. The molecule has 0 saturated heterocycles. The highest BCUT2D eigenvalue weighted by molar-refractivity contribution is 5.93. The van der Waals surface area contributed by atoms with Crippen molar-refractivity contribution in [2.75, 3.05) is 13.1 Å². The normalized spacial score (nSPS) is 14.2. The van der Waals surface area contributed by atoms with E-state index in [4.69, 9.17) is 5.11 Å². The van der Waals surface area contributed by atoms with Crippen LogP contribution in [0.5, 0.6) is 0 Å². The van der Waals surface area contributed by atoms with Crippen molar-refractivity contribution in [2.24, 2.45) is 0 Å². The van der Waals surface area contributed by atoms with E-state index in [9.17, 15) is 40.7 Å². The first-order valence-electron chi connectivity index (χ1n) is 10.7. The molecule has 1 aliphatic heterocycles. The summed E-state index contributed by atoms with van der Waals surface area (Å²) in [6.45, 7) is 0.717. The Balaban J connectivity index is 1.83. The van der Waals surface area contributed by atoms with Gasteiger partial charge in [-0.3, -0.25) is 9.59 Å². The summed E-state index contributed by atoms with van der Waals surface area (Å²) in [6.07, 6.45) is -7.49. The molecule has 9 nitrogen and oxygen atoms in total. The number of hydrogen-bond donors (Lipinski definition) is 3. The van der Waals surface area contributed by atoms with Gasteiger partial charge in [0.2, 0.25) is 11.7 Å². The molecule has 2 aromatic rings. The van der Waals surface area contributed by atoms with Crippen LogP contribution in [0.3, 0.4) is 0 Å². The molecule has 3 N–H and O–H groups in total. The zero-order valence-corrected chi connectivity index (χ0v) is 18.8. The number of nitrogens with zero attached hydrogens (tertiary/aromatic N) is 3. The van der Waals surface area contributed by atoms with Crippen molar-refractivity contribution in [3.05, 3.63) is 52.4 Å². The van der Waals surface area contributed by atoms with E-state index in [0.29, 0.717) is 6.07 Å². The Labute approximate surface area is 200 Å². The lowest BCUT2D eigenvalue weighted by Gasteiger charge is -2.31. The molecule has 3 amide bonds. The molecule has 15 heteroatoms. The summed E-state index contributed by atoms with van der Waals surface area (Å²) in [6, 6.07) is -0.436. The summed E-state index contributed by atoms with van der Waals surface area (Å²) in [5.74, 6) is -6.82. The molecule has 2 heterocycles. The van der Waals surface area contributed by atoms with Crippen LogP contribution in [0.25, 0.3) is 0 Å². The zero-order chi connectivity index (χ0) is 26.8. The van der Waals surface area contributed by atoms with E-state index in [2.05, 4.69) is 10.3 Å². The number of hydrogen-bond acceptors (Lipinski definition) is 4. The largest absolute Gasteiger partial charge is 0.465 e. The fraction of sp³-hybridized carbons (Fsp3) is 0.429. The molecular formula is C21H21F6N5O4. The van der Waals surface area contributed by atoms with Gasteiger partial charge in [0, 0.05) is 38.2 Å². The highest BCUT2D eigenvalue weighted by Crippen LogP contribution is 2.32. The number of amides is 3. The quantitative estimate of drug-likeness (QED) is 0.383. The van der Waals surface area contributed by atoms with E-state index in [1.54, 1.807) is 6.92 Å². The van der Waals surface area contributed by atoms with Gasteiger partial charge in [-0.05, 0) is 25.0 Å². The van der Waals surface area contributed by atoms with E-state index < -0.39 is 78.5 Å². The molecule has 1 atom stereocenters. The fourth-order valence-corrected chi connectivity index (χ4v) is 3.90. The molecule has 1 aromatic carbocycles. The van der Waals surface area contributed by atoms with Gasteiger partial charge in [-0.15, -0.1) is 0 Å². The second-order valence-corrected chi connectivity index (χ2v) is 7.97. The summed E-state index contributed by atoms with van der Waals surface area (Å²) in [5.41, 5.74) is -1.03. The third kappa shape index (κ3) is 5.88. The summed E-state index contributed by atoms with van der Waals surface area (Å²) in [7, 11) is 0. The number of nitrogens with one attached hydrogen (secondary N) is 2. The SMILES string of the molecule is CCNC(=O)c1nc(C(F)(F)F)n2c1CN(C(=O)C[C@@H](Cc1cc(F)c(F)cc1F)NC(=O)O)CC2. The lowest BCUT2D eigenvalue weighted by atomic mass is 10.0.